The summed E-state index contributed by atoms with van der Waals surface area (Å²) < 4.78 is 31.7. The van der Waals surface area contributed by atoms with E-state index in [2.05, 4.69) is 4.98 Å². The Balaban J connectivity index is 2.20. The summed E-state index contributed by atoms with van der Waals surface area (Å²) in [6.45, 7) is 0.293. The summed E-state index contributed by atoms with van der Waals surface area (Å²) in [6, 6.07) is 10.1. The van der Waals surface area contributed by atoms with Gasteiger partial charge >= 0.3 is 0 Å². The van der Waals surface area contributed by atoms with Gasteiger partial charge in [0.25, 0.3) is 0 Å². The second-order valence-electron chi connectivity index (χ2n) is 5.81. The van der Waals surface area contributed by atoms with Crippen LogP contribution >= 0.6 is 0 Å². The number of aliphatic hydroxyl groups is 1. The van der Waals surface area contributed by atoms with Gasteiger partial charge in [0.1, 0.15) is 11.5 Å². The lowest BCUT2D eigenvalue weighted by atomic mass is 10.0. The molecule has 0 saturated heterocycles. The Morgan fingerprint density at radius 3 is 2.22 bits per heavy atom. The highest BCUT2D eigenvalue weighted by molar-refractivity contribution is 5.80. The van der Waals surface area contributed by atoms with Crippen LogP contribution in [0.15, 0.2) is 42.7 Å². The Morgan fingerprint density at radius 1 is 0.963 bits per heavy atom. The number of halogens is 1. The van der Waals surface area contributed by atoms with Crippen LogP contribution in [0, 0.1) is 5.82 Å². The topological polar surface area (TPSA) is 65.7 Å². The van der Waals surface area contributed by atoms with E-state index >= 15 is 0 Å². The summed E-state index contributed by atoms with van der Waals surface area (Å²) in [5.41, 5.74) is 2.69. The van der Waals surface area contributed by atoms with Crippen molar-refractivity contribution in [2.45, 2.75) is 6.54 Å². The number of aromatic nitrogens is 2. The monoisotopic (exact) mass is 372 g/mol. The highest BCUT2D eigenvalue weighted by atomic mass is 19.1. The molecule has 0 unspecified atom stereocenters. The minimum absolute atomic E-state index is 0.0547. The fraction of sp³-hybridized carbons (Fsp3) is 0.250. The van der Waals surface area contributed by atoms with E-state index in [4.69, 9.17) is 14.2 Å². The summed E-state index contributed by atoms with van der Waals surface area (Å²) in [5.74, 6) is 0.931. The summed E-state index contributed by atoms with van der Waals surface area (Å²) in [6.07, 6.45) is 1.62. The van der Waals surface area contributed by atoms with Crippen LogP contribution in [-0.4, -0.2) is 42.6 Å². The smallest absolute Gasteiger partial charge is 0.165 e. The summed E-state index contributed by atoms with van der Waals surface area (Å²) in [7, 11) is 4.56. The van der Waals surface area contributed by atoms with Crippen LogP contribution in [0.25, 0.3) is 22.5 Å². The molecule has 6 nitrogen and oxygen atoms in total. The average molecular weight is 372 g/mol. The molecule has 0 bridgehead atoms. The normalized spacial score (nSPS) is 10.7. The van der Waals surface area contributed by atoms with Crippen LogP contribution in [0.1, 0.15) is 0 Å². The Labute approximate surface area is 156 Å². The number of rotatable bonds is 7. The van der Waals surface area contributed by atoms with Gasteiger partial charge in [-0.25, -0.2) is 9.37 Å². The SMILES string of the molecule is COc1cc(OC)cc(-c2c(-c3ccc(OC)c(F)c3)ncn2CCO)c1. The number of methoxy groups -OCH3 is 3. The van der Waals surface area contributed by atoms with E-state index in [1.165, 1.54) is 13.2 Å². The number of imidazole rings is 1. The van der Waals surface area contributed by atoms with Gasteiger partial charge in [-0.3, -0.25) is 0 Å². The standard InChI is InChI=1S/C20H21FN2O4/c1-25-15-8-14(9-16(11-15)26-2)20-19(22-12-23(20)6-7-24)13-4-5-18(27-3)17(21)10-13/h4-5,8-12,24H,6-7H2,1-3H3. The van der Waals surface area contributed by atoms with Crippen LogP contribution in [0.2, 0.25) is 0 Å². The molecule has 1 aromatic heterocycles. The molecule has 0 aliphatic carbocycles. The molecule has 1 heterocycles. The van der Waals surface area contributed by atoms with Crippen molar-refractivity contribution in [3.8, 4) is 39.8 Å². The molecule has 0 aliphatic heterocycles. The zero-order valence-electron chi connectivity index (χ0n) is 15.4. The van der Waals surface area contributed by atoms with Gasteiger partial charge in [0, 0.05) is 23.7 Å². The molecule has 0 amide bonds. The van der Waals surface area contributed by atoms with Crippen molar-refractivity contribution in [1.29, 1.82) is 0 Å². The first kappa shape index (κ1) is 18.7. The first-order valence-corrected chi connectivity index (χ1v) is 8.34. The van der Waals surface area contributed by atoms with Crippen molar-refractivity contribution >= 4 is 0 Å². The third-order valence-electron chi connectivity index (χ3n) is 4.23. The fourth-order valence-electron chi connectivity index (χ4n) is 2.93. The maximum absolute atomic E-state index is 14.2. The van der Waals surface area contributed by atoms with Crippen LogP contribution in [-0.2, 0) is 6.54 Å². The van der Waals surface area contributed by atoms with Crippen molar-refractivity contribution in [1.82, 2.24) is 9.55 Å². The van der Waals surface area contributed by atoms with E-state index in [0.717, 1.165) is 11.3 Å². The van der Waals surface area contributed by atoms with Gasteiger partial charge in [0.05, 0.1) is 45.7 Å². The minimum atomic E-state index is -0.471. The van der Waals surface area contributed by atoms with Crippen molar-refractivity contribution in [2.75, 3.05) is 27.9 Å². The lowest BCUT2D eigenvalue weighted by Crippen LogP contribution is -2.03. The predicted molar refractivity (Wildman–Crippen MR) is 99.8 cm³/mol. The summed E-state index contributed by atoms with van der Waals surface area (Å²) in [4.78, 5) is 4.45. The third kappa shape index (κ3) is 3.73. The van der Waals surface area contributed by atoms with Crippen LogP contribution < -0.4 is 14.2 Å². The quantitative estimate of drug-likeness (QED) is 0.689. The van der Waals surface area contributed by atoms with E-state index in [1.807, 2.05) is 16.7 Å². The lowest BCUT2D eigenvalue weighted by Gasteiger charge is -2.13. The number of benzene rings is 2. The molecule has 2 aromatic carbocycles. The maximum atomic E-state index is 14.2. The molecular formula is C20H21FN2O4. The third-order valence-corrected chi connectivity index (χ3v) is 4.23. The molecule has 0 fully saturated rings. The molecule has 3 rings (SSSR count). The number of ether oxygens (including phenoxy) is 3. The zero-order valence-corrected chi connectivity index (χ0v) is 15.4. The molecule has 0 radical (unpaired) electrons. The minimum Gasteiger partial charge on any atom is -0.497 e. The molecule has 3 aromatic rings. The van der Waals surface area contributed by atoms with Gasteiger partial charge in [0.2, 0.25) is 0 Å². The first-order valence-electron chi connectivity index (χ1n) is 8.34. The van der Waals surface area contributed by atoms with Gasteiger partial charge in [-0.05, 0) is 30.3 Å². The van der Waals surface area contributed by atoms with E-state index in [-0.39, 0.29) is 12.4 Å². The van der Waals surface area contributed by atoms with Crippen molar-refractivity contribution in [3.63, 3.8) is 0 Å². The van der Waals surface area contributed by atoms with Gasteiger partial charge in [-0.1, -0.05) is 0 Å². The lowest BCUT2D eigenvalue weighted by molar-refractivity contribution is 0.276. The molecule has 27 heavy (non-hydrogen) atoms. The predicted octanol–water partition coefficient (Wildman–Crippen LogP) is 3.37. The number of hydrogen-bond acceptors (Lipinski definition) is 5. The van der Waals surface area contributed by atoms with Crippen molar-refractivity contribution < 1.29 is 23.7 Å². The molecule has 142 valence electrons. The Hall–Kier alpha value is -3.06. The largest absolute Gasteiger partial charge is 0.497 e. The molecule has 7 heteroatoms. The Bertz CT molecular complexity index is 917. The van der Waals surface area contributed by atoms with E-state index in [1.54, 1.807) is 38.7 Å². The number of hydrogen-bond donors (Lipinski definition) is 1. The van der Waals surface area contributed by atoms with E-state index < -0.39 is 5.82 Å². The maximum Gasteiger partial charge on any atom is 0.165 e. The van der Waals surface area contributed by atoms with Crippen LogP contribution in [0.3, 0.4) is 0 Å². The Morgan fingerprint density at radius 2 is 1.67 bits per heavy atom. The molecule has 0 saturated carbocycles. The van der Waals surface area contributed by atoms with Crippen LogP contribution in [0.4, 0.5) is 4.39 Å². The fourth-order valence-corrected chi connectivity index (χ4v) is 2.93. The summed E-state index contributed by atoms with van der Waals surface area (Å²) >= 11 is 0. The first-order chi connectivity index (χ1) is 13.1. The highest BCUT2D eigenvalue weighted by Gasteiger charge is 2.18. The van der Waals surface area contributed by atoms with Gasteiger partial charge in [0.15, 0.2) is 11.6 Å². The van der Waals surface area contributed by atoms with E-state index in [0.29, 0.717) is 29.3 Å². The van der Waals surface area contributed by atoms with Gasteiger partial charge in [-0.2, -0.15) is 0 Å². The van der Waals surface area contributed by atoms with Gasteiger partial charge < -0.3 is 23.9 Å². The second kappa shape index (κ2) is 8.09. The van der Waals surface area contributed by atoms with Crippen molar-refractivity contribution in [2.24, 2.45) is 0 Å². The molecular weight excluding hydrogens is 351 g/mol. The Kier molecular flexibility index (Phi) is 5.61. The molecule has 0 spiro atoms. The second-order valence-corrected chi connectivity index (χ2v) is 5.81. The van der Waals surface area contributed by atoms with Crippen molar-refractivity contribution in [3.05, 3.63) is 48.5 Å². The van der Waals surface area contributed by atoms with Gasteiger partial charge in [-0.15, -0.1) is 0 Å². The zero-order chi connectivity index (χ0) is 19.4. The number of nitrogens with zero attached hydrogens (tertiary/aromatic N) is 2. The number of aliphatic hydroxyl groups excluding tert-OH is 1. The molecule has 1 N–H and O–H groups in total. The molecule has 0 aliphatic rings. The highest BCUT2D eigenvalue weighted by Crippen LogP contribution is 2.36. The molecule has 0 atom stereocenters. The summed E-state index contributed by atoms with van der Waals surface area (Å²) in [5, 5.41) is 9.41. The average Bonchev–Trinajstić information content (AvgIpc) is 3.11. The van der Waals surface area contributed by atoms with E-state index in [9.17, 15) is 9.50 Å². The van der Waals surface area contributed by atoms with Crippen LogP contribution in [0.5, 0.6) is 17.2 Å².